The number of ether oxygens (including phenoxy) is 1. The van der Waals surface area contributed by atoms with E-state index in [9.17, 15) is 0 Å². The normalized spacial score (nSPS) is 24.4. The van der Waals surface area contributed by atoms with E-state index < -0.39 is 0 Å². The Morgan fingerprint density at radius 2 is 2.27 bits per heavy atom. The van der Waals surface area contributed by atoms with Gasteiger partial charge >= 0.3 is 0 Å². The molecule has 1 aliphatic carbocycles. The van der Waals surface area contributed by atoms with Crippen molar-refractivity contribution in [2.24, 2.45) is 5.73 Å². The molecule has 0 unspecified atom stereocenters. The molecule has 0 bridgehead atoms. The van der Waals surface area contributed by atoms with Gasteiger partial charge in [0.25, 0.3) is 0 Å². The summed E-state index contributed by atoms with van der Waals surface area (Å²) in [6, 6.07) is 2.13. The van der Waals surface area contributed by atoms with E-state index in [4.69, 9.17) is 15.5 Å². The van der Waals surface area contributed by atoms with Gasteiger partial charge in [0.1, 0.15) is 16.8 Å². The molecule has 4 rings (SSSR count). The lowest BCUT2D eigenvalue weighted by molar-refractivity contribution is -0.00637. The first-order chi connectivity index (χ1) is 10.5. The molecule has 3 aromatic rings. The van der Waals surface area contributed by atoms with Crippen LogP contribution < -0.4 is 10.5 Å². The molecule has 0 saturated heterocycles. The molecule has 2 N–H and O–H groups in total. The predicted molar refractivity (Wildman–Crippen MR) is 85.1 cm³/mol. The van der Waals surface area contributed by atoms with Gasteiger partial charge in [-0.3, -0.25) is 0 Å². The van der Waals surface area contributed by atoms with Crippen molar-refractivity contribution in [1.82, 2.24) is 19.6 Å². The molecule has 3 heterocycles. The highest BCUT2D eigenvalue weighted by Gasteiger charge is 2.41. The number of nitrogens with two attached hydrogens (primary N) is 1. The number of aryl methyl sites for hydroxylation is 1. The first kappa shape index (κ1) is 13.7. The van der Waals surface area contributed by atoms with Gasteiger partial charge in [0.05, 0.1) is 22.3 Å². The van der Waals surface area contributed by atoms with Crippen LogP contribution in [0.2, 0.25) is 0 Å². The van der Waals surface area contributed by atoms with Crippen LogP contribution >= 0.6 is 11.3 Å². The molecule has 1 aliphatic rings. The summed E-state index contributed by atoms with van der Waals surface area (Å²) in [5, 5.41) is 5.33. The number of thiazole rings is 1. The van der Waals surface area contributed by atoms with E-state index in [1.165, 1.54) is 0 Å². The van der Waals surface area contributed by atoms with E-state index in [1.807, 2.05) is 25.4 Å². The molecule has 6 nitrogen and oxygen atoms in total. The molecule has 1 saturated carbocycles. The Kier molecular flexibility index (Phi) is 2.95. The third-order valence-electron chi connectivity index (χ3n) is 3.96. The van der Waals surface area contributed by atoms with E-state index in [-0.39, 0.29) is 11.6 Å². The van der Waals surface area contributed by atoms with Crippen LogP contribution in [0.5, 0.6) is 5.88 Å². The van der Waals surface area contributed by atoms with E-state index in [0.717, 1.165) is 33.9 Å². The smallest absolute Gasteiger partial charge is 0.241 e. The maximum atomic E-state index is 6.18. The molecule has 0 aromatic carbocycles. The molecule has 1 fully saturated rings. The molecule has 0 atom stereocenters. The van der Waals surface area contributed by atoms with Crippen LogP contribution in [0.4, 0.5) is 0 Å². The Balaban J connectivity index is 1.77. The molecular formula is C15H17N5OS. The summed E-state index contributed by atoms with van der Waals surface area (Å²) in [4.78, 5) is 10.00. The monoisotopic (exact) mass is 315 g/mol. The standard InChI is InChI=1S/C15H17N5OS/c1-9-17-7-13(22-9)11-8-20-12(3-4-18-20)14(19-11)21-15(2)5-10(16)6-15/h3-4,7-8,10H,5-6,16H2,1-2H3/t10-,15+. The minimum Gasteiger partial charge on any atom is -0.470 e. The summed E-state index contributed by atoms with van der Waals surface area (Å²) in [6.45, 7) is 4.06. The molecule has 0 amide bonds. The summed E-state index contributed by atoms with van der Waals surface area (Å²) in [6.07, 6.45) is 7.19. The minimum absolute atomic E-state index is 0.221. The van der Waals surface area contributed by atoms with E-state index in [0.29, 0.717) is 5.88 Å². The Labute approximate surface area is 132 Å². The highest BCUT2D eigenvalue weighted by atomic mass is 32.1. The summed E-state index contributed by atoms with van der Waals surface area (Å²) >= 11 is 1.61. The number of fused-ring (bicyclic) bond motifs is 1. The Bertz CT molecular complexity index is 833. The lowest BCUT2D eigenvalue weighted by atomic mass is 9.77. The lowest BCUT2D eigenvalue weighted by Gasteiger charge is -2.42. The van der Waals surface area contributed by atoms with Crippen molar-refractivity contribution in [3.8, 4) is 16.5 Å². The average Bonchev–Trinajstić information content (AvgIpc) is 3.05. The first-order valence-corrected chi connectivity index (χ1v) is 8.06. The molecule has 3 aromatic heterocycles. The highest BCUT2D eigenvalue weighted by Crippen LogP contribution is 2.37. The second-order valence-corrected chi connectivity index (χ2v) is 7.29. The predicted octanol–water partition coefficient (Wildman–Crippen LogP) is 2.42. The zero-order valence-electron chi connectivity index (χ0n) is 12.5. The van der Waals surface area contributed by atoms with Crippen LogP contribution in [-0.4, -0.2) is 31.2 Å². The molecule has 0 aliphatic heterocycles. The van der Waals surface area contributed by atoms with Crippen molar-refractivity contribution < 1.29 is 4.74 Å². The van der Waals surface area contributed by atoms with E-state index in [2.05, 4.69) is 17.0 Å². The number of hydrogen-bond acceptors (Lipinski definition) is 6. The molecule has 22 heavy (non-hydrogen) atoms. The molecule has 7 heteroatoms. The van der Waals surface area contributed by atoms with Gasteiger partial charge in [-0.05, 0) is 19.9 Å². The summed E-state index contributed by atoms with van der Waals surface area (Å²) in [7, 11) is 0. The van der Waals surface area contributed by atoms with Gasteiger partial charge in [0.15, 0.2) is 0 Å². The minimum atomic E-state index is -0.237. The van der Waals surface area contributed by atoms with Crippen molar-refractivity contribution in [3.63, 3.8) is 0 Å². The van der Waals surface area contributed by atoms with Gasteiger partial charge in [-0.15, -0.1) is 11.3 Å². The topological polar surface area (TPSA) is 78.3 Å². The third kappa shape index (κ3) is 2.26. The number of aromatic nitrogens is 4. The summed E-state index contributed by atoms with van der Waals surface area (Å²) in [5.41, 5.74) is 7.35. The van der Waals surface area contributed by atoms with Gasteiger partial charge in [0, 0.05) is 25.1 Å². The van der Waals surface area contributed by atoms with Gasteiger partial charge in [0.2, 0.25) is 5.88 Å². The van der Waals surface area contributed by atoms with Crippen molar-refractivity contribution in [2.75, 3.05) is 0 Å². The van der Waals surface area contributed by atoms with E-state index >= 15 is 0 Å². The van der Waals surface area contributed by atoms with Crippen LogP contribution in [0.3, 0.4) is 0 Å². The number of hydrogen-bond donors (Lipinski definition) is 1. The van der Waals surface area contributed by atoms with E-state index in [1.54, 1.807) is 22.0 Å². The van der Waals surface area contributed by atoms with Gasteiger partial charge in [-0.2, -0.15) is 5.10 Å². The maximum absolute atomic E-state index is 6.18. The number of rotatable bonds is 3. The van der Waals surface area contributed by atoms with Crippen LogP contribution in [0.15, 0.2) is 24.7 Å². The molecule has 0 radical (unpaired) electrons. The van der Waals surface area contributed by atoms with Crippen LogP contribution in [0, 0.1) is 6.92 Å². The molecular weight excluding hydrogens is 298 g/mol. The largest absolute Gasteiger partial charge is 0.470 e. The zero-order valence-corrected chi connectivity index (χ0v) is 13.3. The van der Waals surface area contributed by atoms with Crippen LogP contribution in [0.25, 0.3) is 16.1 Å². The fourth-order valence-corrected chi connectivity index (χ4v) is 3.67. The SMILES string of the molecule is Cc1ncc(-c2cn3nccc3c(O[C@]3(C)C[C@H](N)C3)n2)s1. The summed E-state index contributed by atoms with van der Waals surface area (Å²) < 4.78 is 7.98. The summed E-state index contributed by atoms with van der Waals surface area (Å²) in [5.74, 6) is 0.607. The van der Waals surface area contributed by atoms with Crippen LogP contribution in [0.1, 0.15) is 24.8 Å². The second-order valence-electron chi connectivity index (χ2n) is 6.06. The maximum Gasteiger partial charge on any atom is 0.241 e. The van der Waals surface area contributed by atoms with Crippen molar-refractivity contribution in [2.45, 2.75) is 38.3 Å². The Morgan fingerprint density at radius 1 is 1.45 bits per heavy atom. The molecule has 0 spiro atoms. The number of nitrogens with zero attached hydrogens (tertiary/aromatic N) is 4. The molecule has 114 valence electrons. The van der Waals surface area contributed by atoms with Gasteiger partial charge in [-0.25, -0.2) is 14.5 Å². The Morgan fingerprint density at radius 3 is 2.95 bits per heavy atom. The highest BCUT2D eigenvalue weighted by molar-refractivity contribution is 7.15. The fourth-order valence-electron chi connectivity index (χ4n) is 2.94. The second kappa shape index (κ2) is 4.76. The lowest BCUT2D eigenvalue weighted by Crippen LogP contribution is -2.53. The third-order valence-corrected chi connectivity index (χ3v) is 4.90. The first-order valence-electron chi connectivity index (χ1n) is 7.24. The Hall–Kier alpha value is -1.99. The average molecular weight is 315 g/mol. The zero-order chi connectivity index (χ0) is 15.3. The fraction of sp³-hybridized carbons (Fsp3) is 0.400. The van der Waals surface area contributed by atoms with Crippen molar-refractivity contribution >= 4 is 16.9 Å². The van der Waals surface area contributed by atoms with Gasteiger partial charge < -0.3 is 10.5 Å². The van der Waals surface area contributed by atoms with Crippen molar-refractivity contribution in [3.05, 3.63) is 29.7 Å². The quantitative estimate of drug-likeness (QED) is 0.803. The van der Waals surface area contributed by atoms with Gasteiger partial charge in [-0.1, -0.05) is 0 Å². The van der Waals surface area contributed by atoms with Crippen LogP contribution in [-0.2, 0) is 0 Å². The van der Waals surface area contributed by atoms with Crippen molar-refractivity contribution in [1.29, 1.82) is 0 Å².